The van der Waals surface area contributed by atoms with Gasteiger partial charge in [-0.1, -0.05) is 30.3 Å². The molecule has 0 aliphatic carbocycles. The van der Waals surface area contributed by atoms with Crippen LogP contribution in [0.4, 0.5) is 0 Å². The van der Waals surface area contributed by atoms with E-state index in [2.05, 4.69) is 33.8 Å². The minimum atomic E-state index is 0.354. The molecular formula is C13H17N3. The van der Waals surface area contributed by atoms with Crippen LogP contribution in [0.5, 0.6) is 0 Å². The van der Waals surface area contributed by atoms with Crippen LogP contribution in [0.1, 0.15) is 24.4 Å². The van der Waals surface area contributed by atoms with Crippen LogP contribution >= 0.6 is 0 Å². The molecule has 1 unspecified atom stereocenters. The molecule has 0 amide bonds. The molecule has 0 radical (unpaired) electrons. The lowest BCUT2D eigenvalue weighted by Crippen LogP contribution is -2.11. The third kappa shape index (κ3) is 2.49. The first-order valence-corrected chi connectivity index (χ1v) is 5.64. The molecule has 16 heavy (non-hydrogen) atoms. The van der Waals surface area contributed by atoms with Crippen molar-refractivity contribution >= 4 is 0 Å². The molecule has 2 rings (SSSR count). The van der Waals surface area contributed by atoms with E-state index >= 15 is 0 Å². The van der Waals surface area contributed by atoms with E-state index < -0.39 is 0 Å². The van der Waals surface area contributed by atoms with E-state index in [0.29, 0.717) is 6.04 Å². The summed E-state index contributed by atoms with van der Waals surface area (Å²) in [6.45, 7) is 0.734. The predicted octanol–water partition coefficient (Wildman–Crippen LogP) is 2.21. The topological polar surface area (TPSA) is 43.8 Å². The van der Waals surface area contributed by atoms with Crippen molar-refractivity contribution in [2.24, 2.45) is 5.73 Å². The molecule has 1 aromatic heterocycles. The maximum Gasteiger partial charge on any atom is 0.0951 e. The van der Waals surface area contributed by atoms with Crippen molar-refractivity contribution in [1.29, 1.82) is 0 Å². The Kier molecular flexibility index (Phi) is 3.72. The zero-order chi connectivity index (χ0) is 11.2. The Morgan fingerprint density at radius 2 is 2.06 bits per heavy atom. The summed E-state index contributed by atoms with van der Waals surface area (Å²) in [5, 5.41) is 0. The molecule has 0 aliphatic heterocycles. The molecule has 3 heteroatoms. The Morgan fingerprint density at radius 1 is 1.25 bits per heavy atom. The first kappa shape index (κ1) is 10.9. The van der Waals surface area contributed by atoms with Gasteiger partial charge < -0.3 is 10.3 Å². The minimum absolute atomic E-state index is 0.354. The zero-order valence-corrected chi connectivity index (χ0v) is 9.29. The van der Waals surface area contributed by atoms with Crippen LogP contribution in [0, 0.1) is 0 Å². The number of hydrogen-bond acceptors (Lipinski definition) is 2. The van der Waals surface area contributed by atoms with Crippen LogP contribution in [0.25, 0.3) is 0 Å². The van der Waals surface area contributed by atoms with Gasteiger partial charge in [0.05, 0.1) is 12.4 Å². The average Bonchev–Trinajstić information content (AvgIpc) is 2.85. The molecule has 0 spiro atoms. The largest absolute Gasteiger partial charge is 0.330 e. The second-order valence-corrected chi connectivity index (χ2v) is 3.87. The molecular weight excluding hydrogens is 198 g/mol. The summed E-state index contributed by atoms with van der Waals surface area (Å²) in [6, 6.07) is 10.8. The summed E-state index contributed by atoms with van der Waals surface area (Å²) in [5.74, 6) is 0. The van der Waals surface area contributed by atoms with Crippen LogP contribution in [-0.4, -0.2) is 16.1 Å². The highest BCUT2D eigenvalue weighted by Crippen LogP contribution is 2.22. The fraction of sp³-hybridized carbons (Fsp3) is 0.308. The quantitative estimate of drug-likeness (QED) is 0.831. The van der Waals surface area contributed by atoms with E-state index in [-0.39, 0.29) is 0 Å². The van der Waals surface area contributed by atoms with E-state index in [9.17, 15) is 0 Å². The molecule has 3 nitrogen and oxygen atoms in total. The third-order valence-electron chi connectivity index (χ3n) is 2.75. The summed E-state index contributed by atoms with van der Waals surface area (Å²) >= 11 is 0. The first-order chi connectivity index (χ1) is 7.92. The summed E-state index contributed by atoms with van der Waals surface area (Å²) in [7, 11) is 0. The third-order valence-corrected chi connectivity index (χ3v) is 2.75. The Hall–Kier alpha value is -1.61. The van der Waals surface area contributed by atoms with Crippen LogP contribution in [-0.2, 0) is 0 Å². The standard InChI is InChI=1S/C13H17N3/c14-8-4-7-13(16-10-9-15-11-16)12-5-2-1-3-6-12/h1-3,5-6,9-11,13H,4,7-8,14H2. The molecule has 0 bridgehead atoms. The monoisotopic (exact) mass is 215 g/mol. The Morgan fingerprint density at radius 3 is 2.69 bits per heavy atom. The SMILES string of the molecule is NCCCC(c1ccccc1)n1ccnc1. The Labute approximate surface area is 95.9 Å². The minimum Gasteiger partial charge on any atom is -0.330 e. The molecule has 1 aromatic carbocycles. The van der Waals surface area contributed by atoms with Crippen molar-refractivity contribution < 1.29 is 0 Å². The number of hydrogen-bond donors (Lipinski definition) is 1. The van der Waals surface area contributed by atoms with Gasteiger partial charge in [0.15, 0.2) is 0 Å². The molecule has 84 valence electrons. The second kappa shape index (κ2) is 5.47. The van der Waals surface area contributed by atoms with Crippen LogP contribution in [0.15, 0.2) is 49.1 Å². The predicted molar refractivity (Wildman–Crippen MR) is 65.1 cm³/mol. The fourth-order valence-electron chi connectivity index (χ4n) is 1.93. The molecule has 0 saturated carbocycles. The van der Waals surface area contributed by atoms with E-state index in [0.717, 1.165) is 19.4 Å². The van der Waals surface area contributed by atoms with Gasteiger partial charge in [-0.25, -0.2) is 4.98 Å². The molecule has 1 atom stereocenters. The van der Waals surface area contributed by atoms with Gasteiger partial charge in [0, 0.05) is 12.4 Å². The Balaban J connectivity index is 2.21. The highest BCUT2D eigenvalue weighted by Gasteiger charge is 2.11. The van der Waals surface area contributed by atoms with Gasteiger partial charge >= 0.3 is 0 Å². The molecule has 0 aliphatic rings. The van der Waals surface area contributed by atoms with Crippen molar-refractivity contribution in [2.45, 2.75) is 18.9 Å². The van der Waals surface area contributed by atoms with Gasteiger partial charge in [-0.2, -0.15) is 0 Å². The lowest BCUT2D eigenvalue weighted by Gasteiger charge is -2.18. The maximum absolute atomic E-state index is 5.58. The summed E-state index contributed by atoms with van der Waals surface area (Å²) in [6.07, 6.45) is 7.77. The second-order valence-electron chi connectivity index (χ2n) is 3.87. The van der Waals surface area contributed by atoms with Crippen molar-refractivity contribution in [3.8, 4) is 0 Å². The lowest BCUT2D eigenvalue weighted by atomic mass is 10.0. The van der Waals surface area contributed by atoms with Crippen molar-refractivity contribution in [3.05, 3.63) is 54.6 Å². The molecule has 2 aromatic rings. The van der Waals surface area contributed by atoms with Crippen LogP contribution < -0.4 is 5.73 Å². The smallest absolute Gasteiger partial charge is 0.0951 e. The number of nitrogens with two attached hydrogens (primary N) is 1. The van der Waals surface area contributed by atoms with E-state index in [1.807, 2.05) is 24.8 Å². The summed E-state index contributed by atoms with van der Waals surface area (Å²) < 4.78 is 2.14. The van der Waals surface area contributed by atoms with Crippen LogP contribution in [0.3, 0.4) is 0 Å². The van der Waals surface area contributed by atoms with E-state index in [4.69, 9.17) is 5.73 Å². The number of benzene rings is 1. The highest BCUT2D eigenvalue weighted by molar-refractivity contribution is 5.19. The normalized spacial score (nSPS) is 12.6. The van der Waals surface area contributed by atoms with Crippen molar-refractivity contribution in [1.82, 2.24) is 9.55 Å². The van der Waals surface area contributed by atoms with Crippen molar-refractivity contribution in [3.63, 3.8) is 0 Å². The van der Waals surface area contributed by atoms with Gasteiger partial charge in [-0.3, -0.25) is 0 Å². The van der Waals surface area contributed by atoms with Crippen LogP contribution in [0.2, 0.25) is 0 Å². The summed E-state index contributed by atoms with van der Waals surface area (Å²) in [5.41, 5.74) is 6.90. The maximum atomic E-state index is 5.58. The van der Waals surface area contributed by atoms with Gasteiger partial charge in [-0.05, 0) is 24.9 Å². The zero-order valence-electron chi connectivity index (χ0n) is 9.29. The number of nitrogens with zero attached hydrogens (tertiary/aromatic N) is 2. The molecule has 0 fully saturated rings. The van der Waals surface area contributed by atoms with Gasteiger partial charge in [0.1, 0.15) is 0 Å². The number of rotatable bonds is 5. The number of aromatic nitrogens is 2. The molecule has 0 saturated heterocycles. The van der Waals surface area contributed by atoms with Gasteiger partial charge in [0.2, 0.25) is 0 Å². The molecule has 1 heterocycles. The van der Waals surface area contributed by atoms with E-state index in [1.54, 1.807) is 0 Å². The molecule has 2 N–H and O–H groups in total. The Bertz CT molecular complexity index is 394. The summed E-state index contributed by atoms with van der Waals surface area (Å²) in [4.78, 5) is 4.11. The number of imidazole rings is 1. The fourth-order valence-corrected chi connectivity index (χ4v) is 1.93. The first-order valence-electron chi connectivity index (χ1n) is 5.64. The lowest BCUT2D eigenvalue weighted by molar-refractivity contribution is 0.523. The van der Waals surface area contributed by atoms with Gasteiger partial charge in [0.25, 0.3) is 0 Å². The van der Waals surface area contributed by atoms with Gasteiger partial charge in [-0.15, -0.1) is 0 Å². The average molecular weight is 215 g/mol. The van der Waals surface area contributed by atoms with E-state index in [1.165, 1.54) is 5.56 Å². The highest BCUT2D eigenvalue weighted by atomic mass is 15.0. The van der Waals surface area contributed by atoms with Crippen molar-refractivity contribution in [2.75, 3.05) is 6.54 Å².